The summed E-state index contributed by atoms with van der Waals surface area (Å²) < 4.78 is 6.30. The summed E-state index contributed by atoms with van der Waals surface area (Å²) in [6, 6.07) is 0. The molecule has 1 aromatic rings. The third-order valence-corrected chi connectivity index (χ3v) is 4.94. The molecule has 7 nitrogen and oxygen atoms in total. The van der Waals surface area contributed by atoms with E-state index in [1.807, 2.05) is 13.8 Å². The second-order valence-corrected chi connectivity index (χ2v) is 7.09. The zero-order chi connectivity index (χ0) is 17.3. The summed E-state index contributed by atoms with van der Waals surface area (Å²) in [5.74, 6) is 0.451. The Labute approximate surface area is 142 Å². The van der Waals surface area contributed by atoms with Gasteiger partial charge in [0.1, 0.15) is 5.82 Å². The molecule has 0 saturated heterocycles. The number of carbonyl (C=O) groups is 2. The van der Waals surface area contributed by atoms with Crippen LogP contribution in [0.5, 0.6) is 0 Å². The van der Waals surface area contributed by atoms with Crippen molar-refractivity contribution in [2.45, 2.75) is 65.0 Å². The van der Waals surface area contributed by atoms with E-state index in [1.54, 1.807) is 6.92 Å². The molecule has 1 aliphatic carbocycles. The van der Waals surface area contributed by atoms with Gasteiger partial charge in [0, 0.05) is 18.0 Å². The first-order chi connectivity index (χ1) is 11.4. The quantitative estimate of drug-likeness (QED) is 0.888. The van der Waals surface area contributed by atoms with Crippen LogP contribution >= 0.6 is 0 Å². The van der Waals surface area contributed by atoms with Gasteiger partial charge in [-0.3, -0.25) is 4.79 Å². The molecule has 2 N–H and O–H groups in total. The first-order valence-electron chi connectivity index (χ1n) is 8.79. The SMILES string of the molecule is CCOC(=O)n1nc2c(c1NC(=O)C1CCCCC1)CNC2(C)C. The van der Waals surface area contributed by atoms with E-state index in [4.69, 9.17) is 4.74 Å². The second kappa shape index (κ2) is 6.55. The molecule has 3 rings (SSSR count). The lowest BCUT2D eigenvalue weighted by molar-refractivity contribution is -0.120. The lowest BCUT2D eigenvalue weighted by Gasteiger charge is -2.21. The van der Waals surface area contributed by atoms with Crippen molar-refractivity contribution in [3.8, 4) is 0 Å². The Kier molecular flexibility index (Phi) is 4.62. The van der Waals surface area contributed by atoms with Crippen LogP contribution in [0.2, 0.25) is 0 Å². The van der Waals surface area contributed by atoms with Crippen LogP contribution in [0, 0.1) is 5.92 Å². The monoisotopic (exact) mass is 334 g/mol. The summed E-state index contributed by atoms with van der Waals surface area (Å²) in [4.78, 5) is 24.9. The number of rotatable bonds is 3. The van der Waals surface area contributed by atoms with Crippen molar-refractivity contribution in [3.05, 3.63) is 11.3 Å². The van der Waals surface area contributed by atoms with Crippen LogP contribution in [0.1, 0.15) is 64.1 Å². The molecule has 1 saturated carbocycles. The van der Waals surface area contributed by atoms with Gasteiger partial charge in [-0.25, -0.2) is 4.79 Å². The Morgan fingerprint density at radius 1 is 1.33 bits per heavy atom. The van der Waals surface area contributed by atoms with Crippen LogP contribution in [0.25, 0.3) is 0 Å². The minimum atomic E-state index is -0.554. The predicted octanol–water partition coefficient (Wildman–Crippen LogP) is 2.74. The van der Waals surface area contributed by atoms with Crippen molar-refractivity contribution >= 4 is 17.8 Å². The number of nitrogens with zero attached hydrogens (tertiary/aromatic N) is 2. The summed E-state index contributed by atoms with van der Waals surface area (Å²) in [6.07, 6.45) is 4.63. The van der Waals surface area contributed by atoms with Gasteiger partial charge in [-0.1, -0.05) is 19.3 Å². The minimum Gasteiger partial charge on any atom is -0.448 e. The van der Waals surface area contributed by atoms with Crippen molar-refractivity contribution in [2.75, 3.05) is 11.9 Å². The first kappa shape index (κ1) is 17.0. The molecule has 0 unspecified atom stereocenters. The fourth-order valence-corrected chi connectivity index (χ4v) is 3.54. The second-order valence-electron chi connectivity index (χ2n) is 7.09. The molecule has 2 heterocycles. The van der Waals surface area contributed by atoms with Crippen LogP contribution in [0.4, 0.5) is 10.6 Å². The smallest absolute Gasteiger partial charge is 0.436 e. The molecule has 0 radical (unpaired) electrons. The molecule has 1 fully saturated rings. The van der Waals surface area contributed by atoms with E-state index in [2.05, 4.69) is 15.7 Å². The lowest BCUT2D eigenvalue weighted by Crippen LogP contribution is -2.32. The normalized spacial score (nSPS) is 19.8. The van der Waals surface area contributed by atoms with Crippen LogP contribution in [-0.2, 0) is 21.6 Å². The fourth-order valence-electron chi connectivity index (χ4n) is 3.54. The Morgan fingerprint density at radius 3 is 2.71 bits per heavy atom. The average Bonchev–Trinajstić information content (AvgIpc) is 3.07. The van der Waals surface area contributed by atoms with Gasteiger partial charge in [-0.2, -0.15) is 5.10 Å². The van der Waals surface area contributed by atoms with Crippen molar-refractivity contribution < 1.29 is 14.3 Å². The molecule has 2 aliphatic rings. The third-order valence-electron chi connectivity index (χ3n) is 4.94. The highest BCUT2D eigenvalue weighted by Crippen LogP contribution is 2.35. The number of fused-ring (bicyclic) bond motifs is 1. The van der Waals surface area contributed by atoms with E-state index in [9.17, 15) is 9.59 Å². The highest BCUT2D eigenvalue weighted by atomic mass is 16.6. The Morgan fingerprint density at radius 2 is 2.04 bits per heavy atom. The molecular weight excluding hydrogens is 308 g/mol. The van der Waals surface area contributed by atoms with E-state index in [-0.39, 0.29) is 24.0 Å². The summed E-state index contributed by atoms with van der Waals surface area (Å²) in [6.45, 7) is 6.60. The zero-order valence-corrected chi connectivity index (χ0v) is 14.6. The molecular formula is C17H26N4O3. The number of ether oxygens (including phenoxy) is 1. The molecule has 1 amide bonds. The highest BCUT2D eigenvalue weighted by Gasteiger charge is 2.38. The van der Waals surface area contributed by atoms with E-state index >= 15 is 0 Å². The molecule has 24 heavy (non-hydrogen) atoms. The number of amides is 1. The van der Waals surface area contributed by atoms with E-state index < -0.39 is 6.09 Å². The molecule has 0 spiro atoms. The van der Waals surface area contributed by atoms with Crippen LogP contribution < -0.4 is 10.6 Å². The predicted molar refractivity (Wildman–Crippen MR) is 89.7 cm³/mol. The Hall–Kier alpha value is -1.89. The van der Waals surface area contributed by atoms with Gasteiger partial charge in [-0.05, 0) is 33.6 Å². The maximum atomic E-state index is 12.6. The van der Waals surface area contributed by atoms with E-state index in [0.717, 1.165) is 36.9 Å². The molecule has 0 aromatic carbocycles. The zero-order valence-electron chi connectivity index (χ0n) is 14.6. The van der Waals surface area contributed by atoms with Gasteiger partial charge in [0.05, 0.1) is 17.8 Å². The largest absolute Gasteiger partial charge is 0.448 e. The molecule has 7 heteroatoms. The van der Waals surface area contributed by atoms with Crippen molar-refractivity contribution in [1.29, 1.82) is 0 Å². The van der Waals surface area contributed by atoms with Crippen molar-refractivity contribution in [1.82, 2.24) is 15.1 Å². The van der Waals surface area contributed by atoms with Gasteiger partial charge in [0.15, 0.2) is 0 Å². The van der Waals surface area contributed by atoms with Gasteiger partial charge >= 0.3 is 6.09 Å². The highest BCUT2D eigenvalue weighted by molar-refractivity contribution is 5.94. The summed E-state index contributed by atoms with van der Waals surface area (Å²) >= 11 is 0. The minimum absolute atomic E-state index is 0.0160. The lowest BCUT2D eigenvalue weighted by atomic mass is 9.88. The fraction of sp³-hybridized carbons (Fsp3) is 0.706. The summed E-state index contributed by atoms with van der Waals surface area (Å²) in [5.41, 5.74) is 1.32. The molecule has 1 aliphatic heterocycles. The molecule has 1 aromatic heterocycles. The standard InChI is InChI=1S/C17H26N4O3/c1-4-24-16(23)21-14(12-10-18-17(2,3)13(12)20-21)19-15(22)11-8-6-5-7-9-11/h11,18H,4-10H2,1-3H3,(H,19,22). The number of anilines is 1. The number of nitrogens with one attached hydrogen (secondary N) is 2. The number of aromatic nitrogens is 2. The number of hydrogen-bond acceptors (Lipinski definition) is 5. The Bertz CT molecular complexity index is 645. The molecule has 0 bridgehead atoms. The van der Waals surface area contributed by atoms with Gasteiger partial charge < -0.3 is 15.4 Å². The maximum absolute atomic E-state index is 12.6. The van der Waals surface area contributed by atoms with Crippen LogP contribution in [-0.4, -0.2) is 28.4 Å². The van der Waals surface area contributed by atoms with Crippen molar-refractivity contribution in [3.63, 3.8) is 0 Å². The van der Waals surface area contributed by atoms with E-state index in [0.29, 0.717) is 12.4 Å². The van der Waals surface area contributed by atoms with Crippen molar-refractivity contribution in [2.24, 2.45) is 5.92 Å². The average molecular weight is 334 g/mol. The first-order valence-corrected chi connectivity index (χ1v) is 8.79. The molecule has 0 atom stereocenters. The number of carbonyl (C=O) groups excluding carboxylic acids is 2. The van der Waals surface area contributed by atoms with Crippen LogP contribution in [0.3, 0.4) is 0 Å². The summed E-state index contributed by atoms with van der Waals surface area (Å²) in [7, 11) is 0. The summed E-state index contributed by atoms with van der Waals surface area (Å²) in [5, 5.41) is 10.7. The van der Waals surface area contributed by atoms with E-state index in [1.165, 1.54) is 11.1 Å². The van der Waals surface area contributed by atoms with Gasteiger partial charge in [-0.15, -0.1) is 4.68 Å². The van der Waals surface area contributed by atoms with Gasteiger partial charge in [0.2, 0.25) is 5.91 Å². The Balaban J connectivity index is 1.90. The third kappa shape index (κ3) is 3.05. The molecule has 132 valence electrons. The number of hydrogen-bond donors (Lipinski definition) is 2. The maximum Gasteiger partial charge on any atom is 0.436 e. The van der Waals surface area contributed by atoms with Crippen LogP contribution in [0.15, 0.2) is 0 Å². The van der Waals surface area contributed by atoms with Gasteiger partial charge in [0.25, 0.3) is 0 Å². The topological polar surface area (TPSA) is 85.2 Å².